The molecular weight excluding hydrogens is 276 g/mol. The molecule has 0 bridgehead atoms. The lowest BCUT2D eigenvalue weighted by Crippen LogP contribution is -2.32. The molecular formula is C18H22N2O2. The SMILES string of the molecule is CC(CN)C(=O)NCc1ccc(COc2ccccc2)cc1. The Morgan fingerprint density at radius 2 is 1.73 bits per heavy atom. The van der Waals surface area contributed by atoms with Gasteiger partial charge in [0.15, 0.2) is 0 Å². The van der Waals surface area contributed by atoms with Crippen molar-refractivity contribution in [1.82, 2.24) is 5.32 Å². The van der Waals surface area contributed by atoms with Crippen molar-refractivity contribution < 1.29 is 9.53 Å². The summed E-state index contributed by atoms with van der Waals surface area (Å²) in [6, 6.07) is 17.7. The lowest BCUT2D eigenvalue weighted by Gasteiger charge is -2.10. The van der Waals surface area contributed by atoms with E-state index in [1.54, 1.807) is 0 Å². The Bertz CT molecular complexity index is 582. The maximum Gasteiger partial charge on any atom is 0.224 e. The number of para-hydroxylation sites is 1. The summed E-state index contributed by atoms with van der Waals surface area (Å²) >= 11 is 0. The Balaban J connectivity index is 1.81. The molecule has 4 heteroatoms. The molecule has 116 valence electrons. The minimum Gasteiger partial charge on any atom is -0.489 e. The van der Waals surface area contributed by atoms with Crippen molar-refractivity contribution in [2.45, 2.75) is 20.1 Å². The molecule has 0 heterocycles. The number of hydrogen-bond donors (Lipinski definition) is 2. The summed E-state index contributed by atoms with van der Waals surface area (Å²) in [5.41, 5.74) is 7.62. The number of rotatable bonds is 7. The van der Waals surface area contributed by atoms with Gasteiger partial charge in [0.1, 0.15) is 12.4 Å². The second kappa shape index (κ2) is 8.20. The fraction of sp³-hybridized carbons (Fsp3) is 0.278. The standard InChI is InChI=1S/C18H22N2O2/c1-14(11-19)18(21)20-12-15-7-9-16(10-8-15)13-22-17-5-3-2-4-6-17/h2-10,14H,11-13,19H2,1H3,(H,20,21). The van der Waals surface area contributed by atoms with Crippen molar-refractivity contribution in [3.05, 3.63) is 65.7 Å². The van der Waals surface area contributed by atoms with Gasteiger partial charge in [-0.05, 0) is 23.3 Å². The van der Waals surface area contributed by atoms with Gasteiger partial charge in [-0.2, -0.15) is 0 Å². The molecule has 2 aromatic rings. The molecule has 1 amide bonds. The van der Waals surface area contributed by atoms with Gasteiger partial charge in [-0.25, -0.2) is 0 Å². The van der Waals surface area contributed by atoms with Crippen LogP contribution >= 0.6 is 0 Å². The molecule has 0 aliphatic heterocycles. The first-order chi connectivity index (χ1) is 10.7. The fourth-order valence-electron chi connectivity index (χ4n) is 1.91. The van der Waals surface area contributed by atoms with Crippen molar-refractivity contribution in [1.29, 1.82) is 0 Å². The zero-order valence-electron chi connectivity index (χ0n) is 12.8. The van der Waals surface area contributed by atoms with Crippen LogP contribution in [0, 0.1) is 5.92 Å². The number of hydrogen-bond acceptors (Lipinski definition) is 3. The maximum atomic E-state index is 11.7. The lowest BCUT2D eigenvalue weighted by molar-refractivity contribution is -0.124. The number of carbonyl (C=O) groups excluding carboxylic acids is 1. The highest BCUT2D eigenvalue weighted by Crippen LogP contribution is 2.12. The molecule has 0 saturated heterocycles. The lowest BCUT2D eigenvalue weighted by atomic mass is 10.1. The molecule has 1 atom stereocenters. The monoisotopic (exact) mass is 298 g/mol. The Kier molecular flexibility index (Phi) is 5.98. The van der Waals surface area contributed by atoms with E-state index in [4.69, 9.17) is 10.5 Å². The second-order valence-corrected chi connectivity index (χ2v) is 5.27. The highest BCUT2D eigenvalue weighted by atomic mass is 16.5. The zero-order chi connectivity index (χ0) is 15.8. The van der Waals surface area contributed by atoms with E-state index in [0.717, 1.165) is 16.9 Å². The van der Waals surface area contributed by atoms with Crippen molar-refractivity contribution in [3.63, 3.8) is 0 Å². The topological polar surface area (TPSA) is 64.4 Å². The van der Waals surface area contributed by atoms with Crippen LogP contribution in [0.3, 0.4) is 0 Å². The Morgan fingerprint density at radius 1 is 1.09 bits per heavy atom. The van der Waals surface area contributed by atoms with Gasteiger partial charge in [-0.15, -0.1) is 0 Å². The molecule has 0 radical (unpaired) electrons. The van der Waals surface area contributed by atoms with Gasteiger partial charge in [-0.3, -0.25) is 4.79 Å². The molecule has 0 aliphatic rings. The first-order valence-corrected chi connectivity index (χ1v) is 7.42. The van der Waals surface area contributed by atoms with Crippen LogP contribution in [0.15, 0.2) is 54.6 Å². The Hall–Kier alpha value is -2.33. The highest BCUT2D eigenvalue weighted by Gasteiger charge is 2.09. The minimum atomic E-state index is -0.154. The van der Waals surface area contributed by atoms with Crippen LogP contribution in [0.2, 0.25) is 0 Å². The molecule has 2 rings (SSSR count). The van der Waals surface area contributed by atoms with E-state index < -0.39 is 0 Å². The predicted molar refractivity (Wildman–Crippen MR) is 87.3 cm³/mol. The summed E-state index contributed by atoms with van der Waals surface area (Å²) in [6.07, 6.45) is 0. The largest absolute Gasteiger partial charge is 0.489 e. The molecule has 0 fully saturated rings. The van der Waals surface area contributed by atoms with E-state index in [2.05, 4.69) is 5.32 Å². The van der Waals surface area contributed by atoms with Gasteiger partial charge >= 0.3 is 0 Å². The van der Waals surface area contributed by atoms with Gasteiger partial charge < -0.3 is 15.8 Å². The third-order valence-corrected chi connectivity index (χ3v) is 3.44. The van der Waals surface area contributed by atoms with E-state index >= 15 is 0 Å². The number of amides is 1. The smallest absolute Gasteiger partial charge is 0.224 e. The van der Waals surface area contributed by atoms with Crippen LogP contribution in [-0.2, 0) is 17.9 Å². The van der Waals surface area contributed by atoms with Crippen LogP contribution in [-0.4, -0.2) is 12.5 Å². The molecule has 22 heavy (non-hydrogen) atoms. The predicted octanol–water partition coefficient (Wildman–Crippen LogP) is 2.48. The normalized spacial score (nSPS) is 11.7. The van der Waals surface area contributed by atoms with Crippen molar-refractivity contribution in [2.24, 2.45) is 11.7 Å². The summed E-state index contributed by atoms with van der Waals surface area (Å²) in [5, 5.41) is 2.88. The molecule has 4 nitrogen and oxygen atoms in total. The molecule has 1 unspecified atom stereocenters. The molecule has 0 aromatic heterocycles. The van der Waals surface area contributed by atoms with Crippen molar-refractivity contribution in [2.75, 3.05) is 6.54 Å². The van der Waals surface area contributed by atoms with Gasteiger partial charge in [0.25, 0.3) is 0 Å². The van der Waals surface area contributed by atoms with Crippen LogP contribution in [0.1, 0.15) is 18.1 Å². The summed E-state index contributed by atoms with van der Waals surface area (Å²) < 4.78 is 5.69. The molecule has 3 N–H and O–H groups in total. The van der Waals surface area contributed by atoms with E-state index in [1.165, 1.54) is 0 Å². The average Bonchev–Trinajstić information content (AvgIpc) is 2.59. The first-order valence-electron chi connectivity index (χ1n) is 7.42. The first kappa shape index (κ1) is 16.0. The maximum absolute atomic E-state index is 11.7. The fourth-order valence-corrected chi connectivity index (χ4v) is 1.91. The number of ether oxygens (including phenoxy) is 1. The van der Waals surface area contributed by atoms with Crippen molar-refractivity contribution in [3.8, 4) is 5.75 Å². The van der Waals surface area contributed by atoms with E-state index in [0.29, 0.717) is 19.7 Å². The highest BCUT2D eigenvalue weighted by molar-refractivity contribution is 5.78. The Labute approximate surface area is 131 Å². The Morgan fingerprint density at radius 3 is 2.36 bits per heavy atom. The quantitative estimate of drug-likeness (QED) is 0.825. The summed E-state index contributed by atoms with van der Waals surface area (Å²) in [7, 11) is 0. The minimum absolute atomic E-state index is 0.0148. The van der Waals surface area contributed by atoms with Gasteiger partial charge in [0.2, 0.25) is 5.91 Å². The van der Waals surface area contributed by atoms with Gasteiger partial charge in [0, 0.05) is 19.0 Å². The van der Waals surface area contributed by atoms with Crippen LogP contribution in [0.5, 0.6) is 5.75 Å². The van der Waals surface area contributed by atoms with Gasteiger partial charge in [-0.1, -0.05) is 49.4 Å². The van der Waals surface area contributed by atoms with E-state index in [-0.39, 0.29) is 11.8 Å². The van der Waals surface area contributed by atoms with E-state index in [9.17, 15) is 4.79 Å². The van der Waals surface area contributed by atoms with Crippen LogP contribution in [0.4, 0.5) is 0 Å². The molecule has 0 aliphatic carbocycles. The van der Waals surface area contributed by atoms with Crippen LogP contribution < -0.4 is 15.8 Å². The summed E-state index contributed by atoms with van der Waals surface area (Å²) in [5.74, 6) is 0.687. The number of nitrogens with one attached hydrogen (secondary N) is 1. The molecule has 0 saturated carbocycles. The molecule has 0 spiro atoms. The zero-order valence-corrected chi connectivity index (χ0v) is 12.8. The second-order valence-electron chi connectivity index (χ2n) is 5.27. The third kappa shape index (κ3) is 4.90. The van der Waals surface area contributed by atoms with Crippen molar-refractivity contribution >= 4 is 5.91 Å². The molecule has 2 aromatic carbocycles. The third-order valence-electron chi connectivity index (χ3n) is 3.44. The number of benzene rings is 2. The number of carbonyl (C=O) groups is 1. The summed E-state index contributed by atoms with van der Waals surface area (Å²) in [6.45, 7) is 3.23. The van der Waals surface area contributed by atoms with Crippen LogP contribution in [0.25, 0.3) is 0 Å². The number of nitrogens with two attached hydrogens (primary N) is 1. The average molecular weight is 298 g/mol. The van der Waals surface area contributed by atoms with Gasteiger partial charge in [0.05, 0.1) is 0 Å². The summed E-state index contributed by atoms with van der Waals surface area (Å²) in [4.78, 5) is 11.7. The van der Waals surface area contributed by atoms with E-state index in [1.807, 2.05) is 61.5 Å².